The van der Waals surface area contributed by atoms with E-state index in [1.54, 1.807) is 0 Å². The van der Waals surface area contributed by atoms with Crippen LogP contribution < -0.4 is 5.73 Å². The number of hydrogen-bond acceptors (Lipinski definition) is 4. The number of nitrogens with two attached hydrogens (primary N) is 1. The van der Waals surface area contributed by atoms with Gasteiger partial charge in [0.1, 0.15) is 15.8 Å². The zero-order valence-corrected chi connectivity index (χ0v) is 14.5. The minimum absolute atomic E-state index is 0.328. The highest BCUT2D eigenvalue weighted by Crippen LogP contribution is 2.41. The standard InChI is InChI=1S/C18H23N3S/c1-10(18(2,3)4)11-5-6-14-12(7-11)8-13-16(20)15(9-19)22-17(13)21-14/h8,10-11H,5-7,20H2,1-4H3. The summed E-state index contributed by atoms with van der Waals surface area (Å²) in [7, 11) is 0. The lowest BCUT2D eigenvalue weighted by molar-refractivity contribution is 0.162. The summed E-state index contributed by atoms with van der Waals surface area (Å²) in [5.41, 5.74) is 9.56. The van der Waals surface area contributed by atoms with E-state index in [4.69, 9.17) is 16.0 Å². The van der Waals surface area contributed by atoms with Crippen LogP contribution in [0.2, 0.25) is 0 Å². The Morgan fingerprint density at radius 1 is 1.45 bits per heavy atom. The van der Waals surface area contributed by atoms with Crippen LogP contribution in [0.5, 0.6) is 0 Å². The summed E-state index contributed by atoms with van der Waals surface area (Å²) in [6.07, 6.45) is 3.32. The fraction of sp³-hybridized carbons (Fsp3) is 0.556. The molecule has 0 fully saturated rings. The molecule has 2 aromatic rings. The molecule has 2 N–H and O–H groups in total. The Kier molecular flexibility index (Phi) is 3.65. The Balaban J connectivity index is 1.99. The largest absolute Gasteiger partial charge is 0.396 e. The molecule has 22 heavy (non-hydrogen) atoms. The smallest absolute Gasteiger partial charge is 0.130 e. The van der Waals surface area contributed by atoms with Crippen molar-refractivity contribution in [3.63, 3.8) is 0 Å². The maximum atomic E-state index is 9.14. The van der Waals surface area contributed by atoms with Crippen molar-refractivity contribution in [1.29, 1.82) is 5.26 Å². The lowest BCUT2D eigenvalue weighted by Gasteiger charge is -2.37. The molecule has 0 spiro atoms. The highest BCUT2D eigenvalue weighted by atomic mass is 32.1. The summed E-state index contributed by atoms with van der Waals surface area (Å²) >= 11 is 1.41. The summed E-state index contributed by atoms with van der Waals surface area (Å²) in [6, 6.07) is 4.36. The minimum Gasteiger partial charge on any atom is -0.396 e. The number of nitrogens with zero attached hydrogens (tertiary/aromatic N) is 2. The maximum Gasteiger partial charge on any atom is 0.130 e. The minimum atomic E-state index is 0.328. The first-order valence-corrected chi connectivity index (χ1v) is 8.73. The van der Waals surface area contributed by atoms with Crippen LogP contribution in [0.25, 0.3) is 10.2 Å². The van der Waals surface area contributed by atoms with Crippen molar-refractivity contribution < 1.29 is 0 Å². The quantitative estimate of drug-likeness (QED) is 0.841. The van der Waals surface area contributed by atoms with E-state index in [1.807, 2.05) is 0 Å². The molecule has 4 heteroatoms. The summed E-state index contributed by atoms with van der Waals surface area (Å²) in [5.74, 6) is 1.37. The number of pyridine rings is 1. The van der Waals surface area contributed by atoms with Crippen molar-refractivity contribution in [2.24, 2.45) is 17.3 Å². The van der Waals surface area contributed by atoms with Gasteiger partial charge in [-0.2, -0.15) is 5.26 Å². The summed E-state index contributed by atoms with van der Waals surface area (Å²) < 4.78 is 0. The van der Waals surface area contributed by atoms with Crippen LogP contribution in [0.3, 0.4) is 0 Å². The Bertz CT molecular complexity index is 761. The Morgan fingerprint density at radius 2 is 2.18 bits per heavy atom. The summed E-state index contributed by atoms with van der Waals surface area (Å²) in [6.45, 7) is 9.34. The van der Waals surface area contributed by atoms with Crippen molar-refractivity contribution in [1.82, 2.24) is 4.98 Å². The molecule has 1 aliphatic carbocycles. The van der Waals surface area contributed by atoms with Gasteiger partial charge in [0.2, 0.25) is 0 Å². The Morgan fingerprint density at radius 3 is 2.82 bits per heavy atom. The number of aryl methyl sites for hydroxylation is 1. The van der Waals surface area contributed by atoms with Gasteiger partial charge in [-0.15, -0.1) is 11.3 Å². The summed E-state index contributed by atoms with van der Waals surface area (Å²) in [5, 5.41) is 10.1. The van der Waals surface area contributed by atoms with E-state index < -0.39 is 0 Å². The van der Waals surface area contributed by atoms with Crippen LogP contribution in [0.1, 0.15) is 50.3 Å². The Labute approximate surface area is 136 Å². The number of rotatable bonds is 1. The molecule has 0 aromatic carbocycles. The second-order valence-corrected chi connectivity index (χ2v) is 8.56. The van der Waals surface area contributed by atoms with Gasteiger partial charge in [-0.1, -0.05) is 27.7 Å². The molecular formula is C18H23N3S. The van der Waals surface area contributed by atoms with Crippen LogP contribution in [0.15, 0.2) is 6.07 Å². The van der Waals surface area contributed by atoms with Crippen LogP contribution in [0.4, 0.5) is 5.69 Å². The first-order valence-electron chi connectivity index (χ1n) is 7.92. The third kappa shape index (κ3) is 2.48. The normalized spacial score (nSPS) is 19.7. The first kappa shape index (κ1) is 15.3. The molecule has 3 nitrogen and oxygen atoms in total. The van der Waals surface area contributed by atoms with Gasteiger partial charge in [0.25, 0.3) is 0 Å². The molecule has 0 aliphatic heterocycles. The van der Waals surface area contributed by atoms with E-state index in [0.717, 1.165) is 23.1 Å². The third-order valence-electron chi connectivity index (χ3n) is 5.30. The molecule has 2 aromatic heterocycles. The van der Waals surface area contributed by atoms with Crippen LogP contribution in [-0.2, 0) is 12.8 Å². The molecule has 1 aliphatic rings. The van der Waals surface area contributed by atoms with Crippen molar-refractivity contribution in [2.75, 3.05) is 5.73 Å². The van der Waals surface area contributed by atoms with Crippen molar-refractivity contribution >= 4 is 27.2 Å². The fourth-order valence-electron chi connectivity index (χ4n) is 3.44. The van der Waals surface area contributed by atoms with Gasteiger partial charge in [0.05, 0.1) is 5.69 Å². The number of nitrogen functional groups attached to an aromatic ring is 1. The van der Waals surface area contributed by atoms with E-state index >= 15 is 0 Å². The zero-order valence-electron chi connectivity index (χ0n) is 13.7. The van der Waals surface area contributed by atoms with E-state index in [1.165, 1.54) is 29.0 Å². The van der Waals surface area contributed by atoms with Crippen molar-refractivity contribution in [2.45, 2.75) is 47.0 Å². The van der Waals surface area contributed by atoms with Gasteiger partial charge in [-0.05, 0) is 48.1 Å². The van der Waals surface area contributed by atoms with Gasteiger partial charge in [0, 0.05) is 11.1 Å². The fourth-order valence-corrected chi connectivity index (χ4v) is 4.33. The zero-order chi connectivity index (χ0) is 16.1. The lowest BCUT2D eigenvalue weighted by Crippen LogP contribution is -2.30. The molecule has 0 saturated carbocycles. The molecule has 2 heterocycles. The second kappa shape index (κ2) is 5.24. The van der Waals surface area contributed by atoms with E-state index in [0.29, 0.717) is 27.8 Å². The van der Waals surface area contributed by atoms with E-state index in [9.17, 15) is 0 Å². The highest BCUT2D eigenvalue weighted by molar-refractivity contribution is 7.19. The molecule has 2 atom stereocenters. The van der Waals surface area contributed by atoms with Crippen LogP contribution in [-0.4, -0.2) is 4.98 Å². The number of hydrogen-bond donors (Lipinski definition) is 1. The SMILES string of the molecule is CC(C1CCc2nc3sc(C#N)c(N)c3cc2C1)C(C)(C)C. The van der Waals surface area contributed by atoms with Gasteiger partial charge >= 0.3 is 0 Å². The third-order valence-corrected chi connectivity index (χ3v) is 6.32. The average Bonchev–Trinajstić information content (AvgIpc) is 2.78. The molecule has 116 valence electrons. The van der Waals surface area contributed by atoms with Gasteiger partial charge < -0.3 is 5.73 Å². The number of anilines is 1. The molecule has 3 rings (SSSR count). The van der Waals surface area contributed by atoms with Crippen molar-refractivity contribution in [3.05, 3.63) is 22.2 Å². The predicted molar refractivity (Wildman–Crippen MR) is 92.9 cm³/mol. The molecule has 0 saturated heterocycles. The van der Waals surface area contributed by atoms with E-state index in [-0.39, 0.29) is 0 Å². The lowest BCUT2D eigenvalue weighted by atomic mass is 9.69. The topological polar surface area (TPSA) is 62.7 Å². The number of thiophene rings is 1. The van der Waals surface area contributed by atoms with Gasteiger partial charge in [-0.25, -0.2) is 4.98 Å². The van der Waals surface area contributed by atoms with Crippen molar-refractivity contribution in [3.8, 4) is 6.07 Å². The van der Waals surface area contributed by atoms with E-state index in [2.05, 4.69) is 39.8 Å². The molecule has 0 amide bonds. The van der Waals surface area contributed by atoms with Crippen LogP contribution in [0, 0.1) is 28.6 Å². The number of nitriles is 1. The van der Waals surface area contributed by atoms with Crippen LogP contribution >= 0.6 is 11.3 Å². The number of fused-ring (bicyclic) bond motifs is 2. The average molecular weight is 313 g/mol. The predicted octanol–water partition coefficient (Wildman–Crippen LogP) is 4.54. The maximum absolute atomic E-state index is 9.14. The second-order valence-electron chi connectivity index (χ2n) is 7.56. The number of aromatic nitrogens is 1. The molecule has 0 radical (unpaired) electrons. The highest BCUT2D eigenvalue weighted by Gasteiger charge is 2.31. The molecule has 2 unspecified atom stereocenters. The molecule has 0 bridgehead atoms. The van der Waals surface area contributed by atoms with Gasteiger partial charge in [0.15, 0.2) is 0 Å². The first-order chi connectivity index (χ1) is 10.3. The Hall–Kier alpha value is -1.60. The summed E-state index contributed by atoms with van der Waals surface area (Å²) in [4.78, 5) is 6.29. The van der Waals surface area contributed by atoms with Gasteiger partial charge in [-0.3, -0.25) is 0 Å². The monoisotopic (exact) mass is 313 g/mol. The molecular weight excluding hydrogens is 290 g/mol.